The lowest BCUT2D eigenvalue weighted by Crippen LogP contribution is -2.00. The second kappa shape index (κ2) is 12.3. The van der Waals surface area contributed by atoms with E-state index in [9.17, 15) is 0 Å². The maximum atomic E-state index is 6.16. The minimum absolute atomic E-state index is 0.604. The number of fused-ring (bicyclic) bond motifs is 4. The molecule has 6 heteroatoms. The summed E-state index contributed by atoms with van der Waals surface area (Å²) in [4.78, 5) is 19.6. The topological polar surface area (TPSA) is 77.8 Å². The van der Waals surface area contributed by atoms with Crippen molar-refractivity contribution in [1.82, 2.24) is 19.9 Å². The lowest BCUT2D eigenvalue weighted by atomic mass is 9.98. The summed E-state index contributed by atoms with van der Waals surface area (Å²) in [6.45, 7) is 0. The Morgan fingerprint density at radius 1 is 0.288 bits per heavy atom. The van der Waals surface area contributed by atoms with Crippen LogP contribution in [0.5, 0.6) is 0 Å². The van der Waals surface area contributed by atoms with Gasteiger partial charge in [0, 0.05) is 33.0 Å². The lowest BCUT2D eigenvalue weighted by molar-refractivity contribution is 0.620. The molecule has 0 bridgehead atoms. The Morgan fingerprint density at radius 3 is 1.60 bits per heavy atom. The molecule has 3 heterocycles. The Bertz CT molecular complexity index is 2900. The van der Waals surface area contributed by atoms with Crippen LogP contribution in [0.15, 0.2) is 179 Å². The van der Waals surface area contributed by atoms with Gasteiger partial charge in [-0.2, -0.15) is 0 Å². The smallest absolute Gasteiger partial charge is 0.227 e. The van der Waals surface area contributed by atoms with Gasteiger partial charge in [0.25, 0.3) is 0 Å². The van der Waals surface area contributed by atoms with Crippen LogP contribution in [0.3, 0.4) is 0 Å². The fourth-order valence-electron chi connectivity index (χ4n) is 6.71. The number of benzene rings is 7. The van der Waals surface area contributed by atoms with Crippen molar-refractivity contribution in [2.45, 2.75) is 0 Å². The van der Waals surface area contributed by atoms with Crippen molar-refractivity contribution in [2.75, 3.05) is 0 Å². The van der Waals surface area contributed by atoms with E-state index in [1.807, 2.05) is 97.1 Å². The minimum atomic E-state index is 0.604. The Hall–Kier alpha value is -7.18. The molecule has 0 fully saturated rings. The third kappa shape index (κ3) is 5.39. The van der Waals surface area contributed by atoms with E-state index in [1.165, 1.54) is 0 Å². The minimum Gasteiger partial charge on any atom is -0.456 e. The molecule has 0 spiro atoms. The summed E-state index contributed by atoms with van der Waals surface area (Å²) < 4.78 is 12.2. The maximum absolute atomic E-state index is 6.16. The predicted molar refractivity (Wildman–Crippen MR) is 207 cm³/mol. The molecular formula is C46H28N4O2. The summed E-state index contributed by atoms with van der Waals surface area (Å²) in [6.07, 6.45) is 0. The van der Waals surface area contributed by atoms with E-state index in [-0.39, 0.29) is 0 Å². The largest absolute Gasteiger partial charge is 0.456 e. The average molecular weight is 669 g/mol. The predicted octanol–water partition coefficient (Wildman–Crippen LogP) is 11.9. The van der Waals surface area contributed by atoms with Gasteiger partial charge < -0.3 is 8.83 Å². The number of hydrogen-bond donors (Lipinski definition) is 0. The van der Waals surface area contributed by atoms with E-state index >= 15 is 0 Å². The SMILES string of the molecule is c1ccc(-c2nc(-c3ccc(-c4cccc(-c5ccc6nc(-c7ccccc7)oc6c5)c4)cc3)nc(-c3ccc4oc5ccccc5c4c3)n2)cc1. The molecule has 0 atom stereocenters. The van der Waals surface area contributed by atoms with Crippen molar-refractivity contribution in [1.29, 1.82) is 0 Å². The zero-order valence-electron chi connectivity index (χ0n) is 27.8. The number of rotatable bonds is 6. The van der Waals surface area contributed by atoms with Crippen molar-refractivity contribution in [3.05, 3.63) is 170 Å². The van der Waals surface area contributed by atoms with Crippen LogP contribution >= 0.6 is 0 Å². The van der Waals surface area contributed by atoms with E-state index < -0.39 is 0 Å². The first-order valence-corrected chi connectivity index (χ1v) is 17.1. The molecule has 0 unspecified atom stereocenters. The summed E-state index contributed by atoms with van der Waals surface area (Å²) in [6, 6.07) is 57.3. The standard InChI is InChI=1S/C46H28N4O2/c1-3-10-30(11-4-1)43-48-44(50-45(49-43)36-23-25-41-38(27-36)37-16-7-8-17-40(37)51-41)31-20-18-29(19-21-31)33-14-9-15-34(26-33)35-22-24-39-42(28-35)52-46(47-39)32-12-5-2-6-13-32/h1-28H. The third-order valence-corrected chi connectivity index (χ3v) is 9.38. The van der Waals surface area contributed by atoms with Crippen LogP contribution in [0.25, 0.3) is 101 Å². The second-order valence-electron chi connectivity index (χ2n) is 12.7. The first kappa shape index (κ1) is 29.7. The van der Waals surface area contributed by atoms with Gasteiger partial charge in [0.05, 0.1) is 0 Å². The van der Waals surface area contributed by atoms with Gasteiger partial charge in [-0.15, -0.1) is 0 Å². The zero-order chi connectivity index (χ0) is 34.4. The number of aromatic nitrogens is 4. The molecule has 6 nitrogen and oxygen atoms in total. The molecule has 0 amide bonds. The Morgan fingerprint density at radius 2 is 0.827 bits per heavy atom. The van der Waals surface area contributed by atoms with Crippen molar-refractivity contribution in [3.8, 4) is 67.9 Å². The number of oxazole rings is 1. The molecule has 0 saturated carbocycles. The third-order valence-electron chi connectivity index (χ3n) is 9.38. The molecule has 10 aromatic rings. The van der Waals surface area contributed by atoms with E-state index in [0.717, 1.165) is 77.5 Å². The molecular weight excluding hydrogens is 641 g/mol. The molecule has 0 aliphatic heterocycles. The fraction of sp³-hybridized carbons (Fsp3) is 0. The summed E-state index contributed by atoms with van der Waals surface area (Å²) in [7, 11) is 0. The van der Waals surface area contributed by atoms with Crippen molar-refractivity contribution >= 4 is 33.0 Å². The van der Waals surface area contributed by atoms with Gasteiger partial charge in [-0.25, -0.2) is 19.9 Å². The van der Waals surface area contributed by atoms with Gasteiger partial charge in [0.1, 0.15) is 16.7 Å². The molecule has 244 valence electrons. The normalized spacial score (nSPS) is 11.5. The highest BCUT2D eigenvalue weighted by molar-refractivity contribution is 6.06. The van der Waals surface area contributed by atoms with Crippen LogP contribution in [0, 0.1) is 0 Å². The molecule has 0 radical (unpaired) electrons. The lowest BCUT2D eigenvalue weighted by Gasteiger charge is -2.10. The maximum Gasteiger partial charge on any atom is 0.227 e. The van der Waals surface area contributed by atoms with Gasteiger partial charge in [0.15, 0.2) is 23.1 Å². The first-order chi connectivity index (χ1) is 25.7. The van der Waals surface area contributed by atoms with E-state index in [1.54, 1.807) is 0 Å². The van der Waals surface area contributed by atoms with Crippen LogP contribution in [0.4, 0.5) is 0 Å². The van der Waals surface area contributed by atoms with E-state index in [0.29, 0.717) is 23.4 Å². The monoisotopic (exact) mass is 668 g/mol. The number of furan rings is 1. The Balaban J connectivity index is 0.994. The summed E-state index contributed by atoms with van der Waals surface area (Å²) in [5.74, 6) is 2.45. The molecule has 0 N–H and O–H groups in total. The quantitative estimate of drug-likeness (QED) is 0.175. The molecule has 52 heavy (non-hydrogen) atoms. The summed E-state index contributed by atoms with van der Waals surface area (Å²) in [5.41, 5.74) is 11.3. The van der Waals surface area contributed by atoms with Gasteiger partial charge in [-0.3, -0.25) is 0 Å². The van der Waals surface area contributed by atoms with Crippen LogP contribution in [-0.2, 0) is 0 Å². The number of para-hydroxylation sites is 1. The van der Waals surface area contributed by atoms with Crippen LogP contribution in [0.1, 0.15) is 0 Å². The summed E-state index contributed by atoms with van der Waals surface area (Å²) >= 11 is 0. The summed E-state index contributed by atoms with van der Waals surface area (Å²) in [5, 5.41) is 2.09. The van der Waals surface area contributed by atoms with Crippen molar-refractivity contribution in [3.63, 3.8) is 0 Å². The van der Waals surface area contributed by atoms with Gasteiger partial charge in [-0.05, 0) is 76.9 Å². The molecule has 3 aromatic heterocycles. The Labute approximate surface area is 298 Å². The average Bonchev–Trinajstić information content (AvgIpc) is 3.83. The van der Waals surface area contributed by atoms with Crippen LogP contribution < -0.4 is 0 Å². The van der Waals surface area contributed by atoms with E-state index in [2.05, 4.69) is 72.8 Å². The highest BCUT2D eigenvalue weighted by Crippen LogP contribution is 2.34. The van der Waals surface area contributed by atoms with Crippen molar-refractivity contribution < 1.29 is 8.83 Å². The van der Waals surface area contributed by atoms with Gasteiger partial charge >= 0.3 is 0 Å². The molecule has 0 saturated heterocycles. The number of nitrogens with zero attached hydrogens (tertiary/aromatic N) is 4. The fourth-order valence-corrected chi connectivity index (χ4v) is 6.71. The molecule has 10 rings (SSSR count). The van der Waals surface area contributed by atoms with E-state index in [4.69, 9.17) is 28.8 Å². The molecule has 7 aromatic carbocycles. The second-order valence-corrected chi connectivity index (χ2v) is 12.7. The van der Waals surface area contributed by atoms with Crippen molar-refractivity contribution in [2.24, 2.45) is 0 Å². The zero-order valence-corrected chi connectivity index (χ0v) is 27.8. The Kier molecular flexibility index (Phi) is 7.03. The number of hydrogen-bond acceptors (Lipinski definition) is 6. The van der Waals surface area contributed by atoms with Crippen LogP contribution in [0.2, 0.25) is 0 Å². The van der Waals surface area contributed by atoms with Gasteiger partial charge in [-0.1, -0.05) is 115 Å². The molecule has 0 aliphatic rings. The highest BCUT2D eigenvalue weighted by atomic mass is 16.3. The highest BCUT2D eigenvalue weighted by Gasteiger charge is 2.15. The molecule has 0 aliphatic carbocycles. The van der Waals surface area contributed by atoms with Gasteiger partial charge in [0.2, 0.25) is 5.89 Å². The first-order valence-electron chi connectivity index (χ1n) is 17.1. The van der Waals surface area contributed by atoms with Crippen LogP contribution in [-0.4, -0.2) is 19.9 Å².